The maximum atomic E-state index is 14.2. The first-order valence-electron chi connectivity index (χ1n) is 8.55. The summed E-state index contributed by atoms with van der Waals surface area (Å²) >= 11 is 0. The van der Waals surface area contributed by atoms with E-state index in [0.717, 1.165) is 41.8 Å². The van der Waals surface area contributed by atoms with Crippen LogP contribution in [0.5, 0.6) is 5.75 Å². The van der Waals surface area contributed by atoms with E-state index in [2.05, 4.69) is 0 Å². The fraction of sp³-hybridized carbons (Fsp3) is 0.250. The molecule has 0 spiro atoms. The Morgan fingerprint density at radius 1 is 1.00 bits per heavy atom. The van der Waals surface area contributed by atoms with Crippen LogP contribution in [0.15, 0.2) is 39.5 Å². The van der Waals surface area contributed by atoms with Crippen molar-refractivity contribution in [1.29, 1.82) is 0 Å². The van der Waals surface area contributed by atoms with Gasteiger partial charge in [0, 0.05) is 17.0 Å². The van der Waals surface area contributed by atoms with E-state index < -0.39 is 11.6 Å². The lowest BCUT2D eigenvalue weighted by atomic mass is 10.0. The molecule has 1 aliphatic heterocycles. The molecule has 2 aliphatic rings. The first kappa shape index (κ1) is 15.4. The van der Waals surface area contributed by atoms with Crippen molar-refractivity contribution in [1.82, 2.24) is 0 Å². The number of halogens is 2. The van der Waals surface area contributed by atoms with Crippen LogP contribution in [0.1, 0.15) is 23.1 Å². The Bertz CT molecular complexity index is 1110. The minimum atomic E-state index is -0.653. The first-order chi connectivity index (χ1) is 12.6. The molecule has 4 nitrogen and oxygen atoms in total. The average Bonchev–Trinajstić information content (AvgIpc) is 3.12. The molecule has 0 bridgehead atoms. The summed E-state index contributed by atoms with van der Waals surface area (Å²) < 4.78 is 38.7. The van der Waals surface area contributed by atoms with Gasteiger partial charge in [0.15, 0.2) is 6.73 Å². The highest BCUT2D eigenvalue weighted by molar-refractivity contribution is 5.87. The predicted molar refractivity (Wildman–Crippen MR) is 92.5 cm³/mol. The molecule has 5 rings (SSSR count). The van der Waals surface area contributed by atoms with Crippen LogP contribution in [0.25, 0.3) is 11.0 Å². The molecule has 0 unspecified atom stereocenters. The van der Waals surface area contributed by atoms with E-state index in [9.17, 15) is 13.6 Å². The van der Waals surface area contributed by atoms with Gasteiger partial charge < -0.3 is 14.1 Å². The molecule has 0 saturated carbocycles. The van der Waals surface area contributed by atoms with Crippen LogP contribution in [0.2, 0.25) is 0 Å². The van der Waals surface area contributed by atoms with E-state index in [4.69, 9.17) is 9.15 Å². The maximum absolute atomic E-state index is 14.2. The number of hydrogen-bond donors (Lipinski definition) is 0. The Kier molecular flexibility index (Phi) is 3.29. The Morgan fingerprint density at radius 2 is 1.85 bits per heavy atom. The number of rotatable bonds is 1. The summed E-state index contributed by atoms with van der Waals surface area (Å²) in [5, 5.41) is 0.917. The molecular formula is C20H15F2NO3. The van der Waals surface area contributed by atoms with Gasteiger partial charge >= 0.3 is 5.63 Å². The van der Waals surface area contributed by atoms with Gasteiger partial charge in [0.05, 0.1) is 17.8 Å². The maximum Gasteiger partial charge on any atom is 0.339 e. The lowest BCUT2D eigenvalue weighted by molar-refractivity contribution is 0.287. The Balaban J connectivity index is 1.65. The summed E-state index contributed by atoms with van der Waals surface area (Å²) in [5.41, 5.74) is 2.96. The van der Waals surface area contributed by atoms with Crippen molar-refractivity contribution in [2.45, 2.75) is 25.8 Å². The van der Waals surface area contributed by atoms with Gasteiger partial charge in [0.1, 0.15) is 23.0 Å². The van der Waals surface area contributed by atoms with Crippen molar-refractivity contribution < 1.29 is 17.9 Å². The molecule has 0 fully saturated rings. The van der Waals surface area contributed by atoms with Gasteiger partial charge in [-0.2, -0.15) is 0 Å². The van der Waals surface area contributed by atoms with Crippen molar-refractivity contribution in [2.75, 3.05) is 11.6 Å². The van der Waals surface area contributed by atoms with E-state index in [1.165, 1.54) is 12.1 Å². The second kappa shape index (κ2) is 5.56. The van der Waals surface area contributed by atoms with Gasteiger partial charge in [-0.25, -0.2) is 13.6 Å². The quantitative estimate of drug-likeness (QED) is 0.621. The summed E-state index contributed by atoms with van der Waals surface area (Å²) in [7, 11) is 0. The molecule has 132 valence electrons. The number of hydrogen-bond acceptors (Lipinski definition) is 4. The predicted octanol–water partition coefficient (Wildman–Crippen LogP) is 3.92. The van der Waals surface area contributed by atoms with Crippen LogP contribution in [0.4, 0.5) is 14.5 Å². The number of fused-ring (bicyclic) bond motifs is 5. The van der Waals surface area contributed by atoms with Gasteiger partial charge in [-0.15, -0.1) is 0 Å². The van der Waals surface area contributed by atoms with Gasteiger partial charge in [0.2, 0.25) is 0 Å². The Labute approximate surface area is 147 Å². The molecule has 1 aromatic heterocycles. The van der Waals surface area contributed by atoms with Crippen molar-refractivity contribution in [2.24, 2.45) is 0 Å². The van der Waals surface area contributed by atoms with E-state index in [1.807, 2.05) is 12.1 Å². The molecule has 0 radical (unpaired) electrons. The highest BCUT2D eigenvalue weighted by Crippen LogP contribution is 2.37. The van der Waals surface area contributed by atoms with Gasteiger partial charge in [0.25, 0.3) is 0 Å². The lowest BCUT2D eigenvalue weighted by Gasteiger charge is -2.31. The van der Waals surface area contributed by atoms with E-state index in [0.29, 0.717) is 23.4 Å². The van der Waals surface area contributed by atoms with Crippen LogP contribution in [-0.2, 0) is 19.4 Å². The largest absolute Gasteiger partial charge is 0.473 e. The smallest absolute Gasteiger partial charge is 0.339 e. The number of benzene rings is 2. The molecule has 2 aromatic carbocycles. The van der Waals surface area contributed by atoms with E-state index in [1.54, 1.807) is 4.90 Å². The summed E-state index contributed by atoms with van der Waals surface area (Å²) in [6, 6.07) is 7.24. The van der Waals surface area contributed by atoms with Crippen molar-refractivity contribution in [3.05, 3.63) is 69.1 Å². The zero-order chi connectivity index (χ0) is 17.8. The second-order valence-corrected chi connectivity index (χ2v) is 6.69. The third kappa shape index (κ3) is 2.21. The summed E-state index contributed by atoms with van der Waals surface area (Å²) in [6.07, 6.45) is 2.54. The summed E-state index contributed by atoms with van der Waals surface area (Å²) in [5.74, 6) is -0.659. The average molecular weight is 355 g/mol. The normalized spacial score (nSPS) is 15.7. The van der Waals surface area contributed by atoms with Gasteiger partial charge in [-0.3, -0.25) is 0 Å². The zero-order valence-electron chi connectivity index (χ0n) is 13.9. The first-order valence-corrected chi connectivity index (χ1v) is 8.55. The van der Waals surface area contributed by atoms with Gasteiger partial charge in [-0.1, -0.05) is 0 Å². The molecule has 0 atom stereocenters. The number of ether oxygens (including phenoxy) is 1. The topological polar surface area (TPSA) is 42.7 Å². The lowest BCUT2D eigenvalue weighted by Crippen LogP contribution is -2.32. The fourth-order valence-electron chi connectivity index (χ4n) is 3.95. The number of aryl methyl sites for hydroxylation is 1. The minimum Gasteiger partial charge on any atom is -0.473 e. The van der Waals surface area contributed by atoms with Crippen LogP contribution in [0, 0.1) is 11.6 Å². The number of nitrogens with zero attached hydrogens (tertiary/aromatic N) is 1. The van der Waals surface area contributed by atoms with Crippen molar-refractivity contribution in [3.8, 4) is 5.75 Å². The minimum absolute atomic E-state index is 0.135. The van der Waals surface area contributed by atoms with Crippen LogP contribution >= 0.6 is 0 Å². The van der Waals surface area contributed by atoms with Gasteiger partial charge in [-0.05, 0) is 49.1 Å². The Morgan fingerprint density at radius 3 is 2.69 bits per heavy atom. The summed E-state index contributed by atoms with van der Waals surface area (Å²) in [6.45, 7) is 0.452. The third-order valence-corrected chi connectivity index (χ3v) is 5.18. The molecule has 1 aliphatic carbocycles. The molecule has 26 heavy (non-hydrogen) atoms. The molecule has 2 heterocycles. The monoisotopic (exact) mass is 355 g/mol. The van der Waals surface area contributed by atoms with E-state index in [-0.39, 0.29) is 18.0 Å². The third-order valence-electron chi connectivity index (χ3n) is 5.18. The second-order valence-electron chi connectivity index (χ2n) is 6.69. The SMILES string of the molecule is O=c1oc2c3c(ccc2c2c1CCC2)OCN(c1ccc(F)cc1F)C3. The van der Waals surface area contributed by atoms with Crippen LogP contribution < -0.4 is 15.3 Å². The molecular weight excluding hydrogens is 340 g/mol. The molecule has 3 aromatic rings. The van der Waals surface area contributed by atoms with Crippen molar-refractivity contribution in [3.63, 3.8) is 0 Å². The van der Waals surface area contributed by atoms with E-state index >= 15 is 0 Å². The standard InChI is InChI=1S/C20H15F2NO3/c21-11-4-6-17(16(22)8-11)23-9-15-18(25-10-23)7-5-13-12-2-1-3-14(12)20(24)26-19(13)15/h4-8H,1-3,9-10H2. The van der Waals surface area contributed by atoms with Crippen molar-refractivity contribution >= 4 is 16.7 Å². The molecule has 0 N–H and O–H groups in total. The summed E-state index contributed by atoms with van der Waals surface area (Å²) in [4.78, 5) is 14.0. The Hall–Kier alpha value is -2.89. The highest BCUT2D eigenvalue weighted by atomic mass is 19.1. The van der Waals surface area contributed by atoms with Crippen LogP contribution in [-0.4, -0.2) is 6.73 Å². The molecule has 0 saturated heterocycles. The fourth-order valence-corrected chi connectivity index (χ4v) is 3.95. The zero-order valence-corrected chi connectivity index (χ0v) is 13.9. The van der Waals surface area contributed by atoms with Crippen LogP contribution in [0.3, 0.4) is 0 Å². The highest BCUT2D eigenvalue weighted by Gasteiger charge is 2.27. The molecule has 0 amide bonds. The molecule has 6 heteroatoms. The number of anilines is 1.